The summed E-state index contributed by atoms with van der Waals surface area (Å²) in [6.45, 7) is 1.64. The van der Waals surface area contributed by atoms with Gasteiger partial charge in [-0.3, -0.25) is 0 Å². The first-order chi connectivity index (χ1) is 10.9. The maximum Gasteiger partial charge on any atom is 0.336 e. The van der Waals surface area contributed by atoms with E-state index in [9.17, 15) is 13.6 Å². The lowest BCUT2D eigenvalue weighted by Crippen LogP contribution is -2.01. The molecule has 3 aromatic rings. The number of aryl methyl sites for hydroxylation is 1. The molecule has 0 fully saturated rings. The summed E-state index contributed by atoms with van der Waals surface area (Å²) in [7, 11) is 0. The predicted molar refractivity (Wildman–Crippen MR) is 82.9 cm³/mol. The molecule has 0 saturated heterocycles. The molecule has 0 amide bonds. The Kier molecular flexibility index (Phi) is 4.05. The molecular formula is C17H11ClF2O3. The van der Waals surface area contributed by atoms with Crippen molar-refractivity contribution in [1.29, 1.82) is 0 Å². The van der Waals surface area contributed by atoms with Crippen molar-refractivity contribution in [3.63, 3.8) is 0 Å². The van der Waals surface area contributed by atoms with Crippen molar-refractivity contribution >= 4 is 22.6 Å². The number of hydrogen-bond donors (Lipinski definition) is 0. The molecule has 118 valence electrons. The van der Waals surface area contributed by atoms with Gasteiger partial charge in [-0.1, -0.05) is 11.6 Å². The van der Waals surface area contributed by atoms with Gasteiger partial charge in [0.1, 0.15) is 29.6 Å². The Morgan fingerprint density at radius 2 is 1.96 bits per heavy atom. The van der Waals surface area contributed by atoms with Crippen LogP contribution in [0.3, 0.4) is 0 Å². The summed E-state index contributed by atoms with van der Waals surface area (Å²) in [5.41, 5.74) is 0.768. The van der Waals surface area contributed by atoms with Gasteiger partial charge < -0.3 is 9.15 Å². The minimum atomic E-state index is -0.704. The van der Waals surface area contributed by atoms with Crippen LogP contribution in [0, 0.1) is 18.6 Å². The highest BCUT2D eigenvalue weighted by molar-refractivity contribution is 6.32. The van der Waals surface area contributed by atoms with E-state index >= 15 is 0 Å². The van der Waals surface area contributed by atoms with E-state index in [0.717, 1.165) is 17.7 Å². The SMILES string of the molecule is Cc1cc(=O)oc2cc(OCc3ccc(F)cc3F)c(Cl)cc12. The Morgan fingerprint density at radius 1 is 1.17 bits per heavy atom. The van der Waals surface area contributed by atoms with E-state index in [2.05, 4.69) is 0 Å². The topological polar surface area (TPSA) is 39.4 Å². The smallest absolute Gasteiger partial charge is 0.336 e. The van der Waals surface area contributed by atoms with Gasteiger partial charge in [0, 0.05) is 29.1 Å². The zero-order valence-corrected chi connectivity index (χ0v) is 12.8. The van der Waals surface area contributed by atoms with Crippen LogP contribution in [-0.2, 0) is 6.61 Å². The van der Waals surface area contributed by atoms with E-state index in [1.165, 1.54) is 18.2 Å². The Bertz CT molecular complexity index is 950. The number of fused-ring (bicyclic) bond motifs is 1. The number of ether oxygens (including phenoxy) is 1. The number of rotatable bonds is 3. The van der Waals surface area contributed by atoms with Crippen LogP contribution in [0.1, 0.15) is 11.1 Å². The van der Waals surface area contributed by atoms with Gasteiger partial charge in [0.2, 0.25) is 0 Å². The molecular weight excluding hydrogens is 326 g/mol. The normalized spacial score (nSPS) is 11.0. The molecule has 0 aliphatic carbocycles. The molecule has 0 N–H and O–H groups in total. The highest BCUT2D eigenvalue weighted by Crippen LogP contribution is 2.31. The molecule has 0 saturated carbocycles. The lowest BCUT2D eigenvalue weighted by atomic mass is 10.1. The van der Waals surface area contributed by atoms with Crippen LogP contribution in [0.4, 0.5) is 8.78 Å². The Labute approximate surface area is 135 Å². The largest absolute Gasteiger partial charge is 0.487 e. The Hall–Kier alpha value is -2.40. The van der Waals surface area contributed by atoms with Crippen LogP contribution < -0.4 is 10.4 Å². The third-order valence-electron chi connectivity index (χ3n) is 3.40. The van der Waals surface area contributed by atoms with E-state index in [-0.39, 0.29) is 17.9 Å². The fraction of sp³-hybridized carbons (Fsp3) is 0.118. The van der Waals surface area contributed by atoms with Crippen molar-refractivity contribution in [1.82, 2.24) is 0 Å². The predicted octanol–water partition coefficient (Wildman–Crippen LogP) is 4.61. The molecule has 6 heteroatoms. The van der Waals surface area contributed by atoms with Gasteiger partial charge in [-0.05, 0) is 30.7 Å². The molecule has 2 aromatic carbocycles. The molecule has 1 aromatic heterocycles. The second-order valence-electron chi connectivity index (χ2n) is 5.05. The van der Waals surface area contributed by atoms with Gasteiger partial charge >= 0.3 is 5.63 Å². The lowest BCUT2D eigenvalue weighted by Gasteiger charge is -2.10. The van der Waals surface area contributed by atoms with E-state index < -0.39 is 17.3 Å². The fourth-order valence-electron chi connectivity index (χ4n) is 2.22. The molecule has 0 aliphatic heterocycles. The molecule has 3 rings (SSSR count). The highest BCUT2D eigenvalue weighted by atomic mass is 35.5. The molecule has 23 heavy (non-hydrogen) atoms. The van der Waals surface area contributed by atoms with E-state index in [0.29, 0.717) is 16.0 Å². The van der Waals surface area contributed by atoms with Crippen LogP contribution in [0.5, 0.6) is 5.75 Å². The lowest BCUT2D eigenvalue weighted by molar-refractivity contribution is 0.299. The van der Waals surface area contributed by atoms with Crippen LogP contribution in [0.2, 0.25) is 5.02 Å². The molecule has 0 atom stereocenters. The van der Waals surface area contributed by atoms with E-state index in [1.54, 1.807) is 13.0 Å². The first kappa shape index (κ1) is 15.5. The van der Waals surface area contributed by atoms with Gasteiger partial charge in [0.05, 0.1) is 5.02 Å². The summed E-state index contributed by atoms with van der Waals surface area (Å²) in [6.07, 6.45) is 0. The fourth-order valence-corrected chi connectivity index (χ4v) is 2.44. The maximum atomic E-state index is 13.6. The minimum Gasteiger partial charge on any atom is -0.487 e. The number of halogens is 3. The molecule has 0 bridgehead atoms. The maximum absolute atomic E-state index is 13.6. The third kappa shape index (κ3) is 3.19. The number of hydrogen-bond acceptors (Lipinski definition) is 3. The van der Waals surface area contributed by atoms with Gasteiger partial charge in [0.25, 0.3) is 0 Å². The van der Waals surface area contributed by atoms with E-state index in [1.807, 2.05) is 0 Å². The molecule has 0 aliphatic rings. The summed E-state index contributed by atoms with van der Waals surface area (Å²) >= 11 is 6.15. The van der Waals surface area contributed by atoms with Crippen LogP contribution in [-0.4, -0.2) is 0 Å². The average molecular weight is 337 g/mol. The summed E-state index contributed by atoms with van der Waals surface area (Å²) < 4.78 is 37.1. The Morgan fingerprint density at radius 3 is 2.70 bits per heavy atom. The molecule has 0 radical (unpaired) electrons. The second-order valence-corrected chi connectivity index (χ2v) is 5.46. The second kappa shape index (κ2) is 6.01. The third-order valence-corrected chi connectivity index (χ3v) is 3.70. The Balaban J connectivity index is 1.93. The van der Waals surface area contributed by atoms with Crippen molar-refractivity contribution in [3.05, 3.63) is 74.6 Å². The summed E-state index contributed by atoms with van der Waals surface area (Å²) in [4.78, 5) is 11.4. The molecule has 0 unspecified atom stereocenters. The quantitative estimate of drug-likeness (QED) is 0.656. The molecule has 0 spiro atoms. The van der Waals surface area contributed by atoms with Crippen molar-refractivity contribution < 1.29 is 17.9 Å². The first-order valence-electron chi connectivity index (χ1n) is 6.75. The summed E-state index contributed by atoms with van der Waals surface area (Å²) in [5.74, 6) is -1.12. The summed E-state index contributed by atoms with van der Waals surface area (Å²) in [6, 6.07) is 7.69. The van der Waals surface area contributed by atoms with Gasteiger partial charge in [-0.2, -0.15) is 0 Å². The van der Waals surface area contributed by atoms with Gasteiger partial charge in [-0.15, -0.1) is 0 Å². The standard InChI is InChI=1S/C17H11ClF2O3/c1-9-4-17(21)23-15-7-16(13(18)6-12(9)15)22-8-10-2-3-11(19)5-14(10)20/h2-7H,8H2,1H3. The van der Waals surface area contributed by atoms with Gasteiger partial charge in [-0.25, -0.2) is 13.6 Å². The van der Waals surface area contributed by atoms with Crippen molar-refractivity contribution in [2.45, 2.75) is 13.5 Å². The zero-order chi connectivity index (χ0) is 16.6. The van der Waals surface area contributed by atoms with E-state index in [4.69, 9.17) is 20.8 Å². The monoisotopic (exact) mass is 336 g/mol. The summed E-state index contributed by atoms with van der Waals surface area (Å²) in [5, 5.41) is 0.992. The molecule has 3 nitrogen and oxygen atoms in total. The average Bonchev–Trinajstić information content (AvgIpc) is 2.47. The van der Waals surface area contributed by atoms with Crippen LogP contribution in [0.25, 0.3) is 11.0 Å². The van der Waals surface area contributed by atoms with Crippen molar-refractivity contribution in [2.75, 3.05) is 0 Å². The van der Waals surface area contributed by atoms with Crippen LogP contribution >= 0.6 is 11.6 Å². The first-order valence-corrected chi connectivity index (χ1v) is 7.12. The zero-order valence-electron chi connectivity index (χ0n) is 12.0. The molecule has 1 heterocycles. The van der Waals surface area contributed by atoms with Crippen molar-refractivity contribution in [2.24, 2.45) is 0 Å². The highest BCUT2D eigenvalue weighted by Gasteiger charge is 2.11. The van der Waals surface area contributed by atoms with Gasteiger partial charge in [0.15, 0.2) is 0 Å². The van der Waals surface area contributed by atoms with Crippen molar-refractivity contribution in [3.8, 4) is 5.75 Å². The van der Waals surface area contributed by atoms with Crippen LogP contribution in [0.15, 0.2) is 45.6 Å². The number of benzene rings is 2. The minimum absolute atomic E-state index is 0.132.